The van der Waals surface area contributed by atoms with Crippen molar-refractivity contribution < 1.29 is 9.18 Å². The molecule has 3 rings (SSSR count). The lowest BCUT2D eigenvalue weighted by Crippen LogP contribution is -2.07. The van der Waals surface area contributed by atoms with E-state index >= 15 is 0 Å². The third-order valence-electron chi connectivity index (χ3n) is 2.93. The van der Waals surface area contributed by atoms with E-state index in [1.807, 2.05) is 0 Å². The Morgan fingerprint density at radius 2 is 2.17 bits per heavy atom. The average molecular weight is 326 g/mol. The van der Waals surface area contributed by atoms with Crippen LogP contribution in [0.5, 0.6) is 0 Å². The highest BCUT2D eigenvalue weighted by Gasteiger charge is 2.22. The van der Waals surface area contributed by atoms with E-state index in [2.05, 4.69) is 20.9 Å². The molecular formula is C13H9BrFNOS. The molecule has 5 heteroatoms. The average Bonchev–Trinajstić information content (AvgIpc) is 2.78. The molecule has 1 aromatic carbocycles. The van der Waals surface area contributed by atoms with Crippen LogP contribution < -0.4 is 0 Å². The molecule has 0 fully saturated rings. The fraction of sp³-hybridized carbons (Fsp3) is 0.231. The summed E-state index contributed by atoms with van der Waals surface area (Å²) in [6.45, 7) is 0. The first-order valence-corrected chi connectivity index (χ1v) is 7.24. The standard InChI is InChI=1S/C13H9BrFNOS/c14-8-6-7(4-5-9(8)15)13-16-10-2-1-3-11(17)12(10)18-13/h4-6H,1-3H2. The highest BCUT2D eigenvalue weighted by molar-refractivity contribution is 9.10. The molecule has 0 bridgehead atoms. The number of hydrogen-bond donors (Lipinski definition) is 0. The van der Waals surface area contributed by atoms with Crippen molar-refractivity contribution in [3.8, 4) is 10.6 Å². The number of thiazole rings is 1. The minimum absolute atomic E-state index is 0.182. The maximum Gasteiger partial charge on any atom is 0.174 e. The summed E-state index contributed by atoms with van der Waals surface area (Å²) in [6.07, 6.45) is 2.35. The van der Waals surface area contributed by atoms with Crippen molar-refractivity contribution >= 4 is 33.0 Å². The van der Waals surface area contributed by atoms with Gasteiger partial charge in [0, 0.05) is 12.0 Å². The van der Waals surface area contributed by atoms with Crippen LogP contribution in [0.25, 0.3) is 10.6 Å². The maximum absolute atomic E-state index is 13.2. The zero-order valence-corrected chi connectivity index (χ0v) is 11.8. The lowest BCUT2D eigenvalue weighted by molar-refractivity contribution is 0.0976. The van der Waals surface area contributed by atoms with Gasteiger partial charge in [-0.2, -0.15) is 0 Å². The molecule has 0 radical (unpaired) electrons. The normalized spacial score (nSPS) is 14.7. The summed E-state index contributed by atoms with van der Waals surface area (Å²) < 4.78 is 13.6. The molecule has 0 saturated carbocycles. The Morgan fingerprint density at radius 3 is 2.89 bits per heavy atom. The Labute approximate surface area is 116 Å². The van der Waals surface area contributed by atoms with Gasteiger partial charge in [-0.3, -0.25) is 4.79 Å². The molecule has 92 valence electrons. The van der Waals surface area contributed by atoms with E-state index in [0.717, 1.165) is 34.0 Å². The molecule has 0 amide bonds. The summed E-state index contributed by atoms with van der Waals surface area (Å²) in [6, 6.07) is 4.79. The van der Waals surface area contributed by atoms with Crippen molar-refractivity contribution in [2.24, 2.45) is 0 Å². The maximum atomic E-state index is 13.2. The van der Waals surface area contributed by atoms with Crippen LogP contribution in [0, 0.1) is 5.82 Å². The van der Waals surface area contributed by atoms with Gasteiger partial charge in [0.25, 0.3) is 0 Å². The minimum atomic E-state index is -0.295. The largest absolute Gasteiger partial charge is 0.293 e. The fourth-order valence-electron chi connectivity index (χ4n) is 2.02. The van der Waals surface area contributed by atoms with Crippen LogP contribution in [-0.4, -0.2) is 10.8 Å². The van der Waals surface area contributed by atoms with Crippen molar-refractivity contribution in [2.45, 2.75) is 19.3 Å². The lowest BCUT2D eigenvalue weighted by Gasteiger charge is -2.06. The van der Waals surface area contributed by atoms with Crippen LogP contribution in [0.1, 0.15) is 28.2 Å². The van der Waals surface area contributed by atoms with Crippen LogP contribution in [0.3, 0.4) is 0 Å². The number of rotatable bonds is 1. The summed E-state index contributed by atoms with van der Waals surface area (Å²) in [5.74, 6) is -0.114. The van der Waals surface area contributed by atoms with Crippen molar-refractivity contribution in [1.29, 1.82) is 0 Å². The molecule has 0 spiro atoms. The van der Waals surface area contributed by atoms with Crippen molar-refractivity contribution in [2.75, 3.05) is 0 Å². The molecule has 18 heavy (non-hydrogen) atoms. The zero-order chi connectivity index (χ0) is 12.7. The van der Waals surface area contributed by atoms with Gasteiger partial charge in [-0.1, -0.05) is 0 Å². The van der Waals surface area contributed by atoms with Gasteiger partial charge in [-0.05, 0) is 47.0 Å². The summed E-state index contributed by atoms with van der Waals surface area (Å²) in [5, 5.41) is 0.788. The van der Waals surface area contributed by atoms with Gasteiger partial charge in [0.2, 0.25) is 0 Å². The summed E-state index contributed by atoms with van der Waals surface area (Å²) >= 11 is 4.57. The van der Waals surface area contributed by atoms with Crippen LogP contribution in [0.4, 0.5) is 4.39 Å². The first kappa shape index (κ1) is 12.0. The zero-order valence-electron chi connectivity index (χ0n) is 9.37. The molecule has 0 unspecified atom stereocenters. The van der Waals surface area contributed by atoms with Gasteiger partial charge in [-0.25, -0.2) is 9.37 Å². The van der Waals surface area contributed by atoms with Crippen LogP contribution in [-0.2, 0) is 6.42 Å². The lowest BCUT2D eigenvalue weighted by atomic mass is 10.0. The number of carbonyl (C=O) groups is 1. The number of aryl methyl sites for hydroxylation is 1. The highest BCUT2D eigenvalue weighted by Crippen LogP contribution is 2.34. The number of hydrogen-bond acceptors (Lipinski definition) is 3. The van der Waals surface area contributed by atoms with E-state index < -0.39 is 0 Å². The predicted molar refractivity (Wildman–Crippen MR) is 72.5 cm³/mol. The number of fused-ring (bicyclic) bond motifs is 1. The number of Topliss-reactive ketones (excluding diaryl/α,β-unsaturated/α-hetero) is 1. The monoisotopic (exact) mass is 325 g/mol. The molecule has 0 aliphatic heterocycles. The van der Waals surface area contributed by atoms with Crippen LogP contribution >= 0.6 is 27.3 Å². The Bertz CT molecular complexity index is 638. The van der Waals surface area contributed by atoms with Gasteiger partial charge >= 0.3 is 0 Å². The number of nitrogens with zero attached hydrogens (tertiary/aromatic N) is 1. The number of carbonyl (C=O) groups excluding carboxylic acids is 1. The van der Waals surface area contributed by atoms with E-state index in [9.17, 15) is 9.18 Å². The molecule has 0 N–H and O–H groups in total. The Kier molecular flexibility index (Phi) is 3.03. The quantitative estimate of drug-likeness (QED) is 0.785. The fourth-order valence-corrected chi connectivity index (χ4v) is 3.48. The summed E-state index contributed by atoms with van der Waals surface area (Å²) in [4.78, 5) is 17.0. The Morgan fingerprint density at radius 1 is 1.33 bits per heavy atom. The van der Waals surface area contributed by atoms with Gasteiger partial charge < -0.3 is 0 Å². The summed E-state index contributed by atoms with van der Waals surface area (Å²) in [5.41, 5.74) is 1.74. The minimum Gasteiger partial charge on any atom is -0.293 e. The van der Waals surface area contributed by atoms with Crippen LogP contribution in [0.15, 0.2) is 22.7 Å². The molecule has 0 atom stereocenters. The molecule has 1 aromatic heterocycles. The second-order valence-corrected chi connectivity index (χ2v) is 6.05. The number of aromatic nitrogens is 1. The van der Waals surface area contributed by atoms with Crippen LogP contribution in [0.2, 0.25) is 0 Å². The number of ketones is 1. The molecule has 2 nitrogen and oxygen atoms in total. The van der Waals surface area contributed by atoms with Crippen molar-refractivity contribution in [1.82, 2.24) is 4.98 Å². The molecule has 1 heterocycles. The molecule has 1 aliphatic rings. The summed E-state index contributed by atoms with van der Waals surface area (Å²) in [7, 11) is 0. The van der Waals surface area contributed by atoms with E-state index in [4.69, 9.17) is 0 Å². The third kappa shape index (κ3) is 2.01. The van der Waals surface area contributed by atoms with E-state index in [1.54, 1.807) is 12.1 Å². The van der Waals surface area contributed by atoms with Gasteiger partial charge in [0.15, 0.2) is 5.78 Å². The van der Waals surface area contributed by atoms with Crippen molar-refractivity contribution in [3.63, 3.8) is 0 Å². The van der Waals surface area contributed by atoms with E-state index in [-0.39, 0.29) is 11.6 Å². The third-order valence-corrected chi connectivity index (χ3v) is 4.73. The van der Waals surface area contributed by atoms with Gasteiger partial charge in [0.05, 0.1) is 15.0 Å². The first-order valence-electron chi connectivity index (χ1n) is 5.63. The predicted octanol–water partition coefficient (Wildman–Crippen LogP) is 4.23. The smallest absolute Gasteiger partial charge is 0.174 e. The molecule has 1 aliphatic carbocycles. The Balaban J connectivity index is 2.07. The van der Waals surface area contributed by atoms with E-state index in [0.29, 0.717) is 10.9 Å². The van der Waals surface area contributed by atoms with E-state index in [1.165, 1.54) is 17.4 Å². The van der Waals surface area contributed by atoms with Gasteiger partial charge in [0.1, 0.15) is 10.8 Å². The topological polar surface area (TPSA) is 30.0 Å². The molecule has 0 saturated heterocycles. The van der Waals surface area contributed by atoms with Gasteiger partial charge in [-0.15, -0.1) is 11.3 Å². The SMILES string of the molecule is O=C1CCCc2nc(-c3ccc(F)c(Br)c3)sc21. The molecular weight excluding hydrogens is 317 g/mol. The molecule has 2 aromatic rings. The van der Waals surface area contributed by atoms with Crippen molar-refractivity contribution in [3.05, 3.63) is 39.1 Å². The highest BCUT2D eigenvalue weighted by atomic mass is 79.9. The number of halogens is 2. The second kappa shape index (κ2) is 4.55. The Hall–Kier alpha value is -1.07. The first-order chi connectivity index (χ1) is 8.65. The number of benzene rings is 1. The second-order valence-electron chi connectivity index (χ2n) is 4.20.